The van der Waals surface area contributed by atoms with Gasteiger partial charge in [-0.25, -0.2) is 9.98 Å². The van der Waals surface area contributed by atoms with E-state index in [1.165, 1.54) is 0 Å². The van der Waals surface area contributed by atoms with E-state index < -0.39 is 0 Å². The molecule has 7 nitrogen and oxygen atoms in total. The molecule has 0 aromatic heterocycles. The van der Waals surface area contributed by atoms with Crippen molar-refractivity contribution in [2.75, 3.05) is 45.5 Å². The first-order chi connectivity index (χ1) is 14.2. The Bertz CT molecular complexity index is 1020. The molecule has 0 atom stereocenters. The number of fused-ring (bicyclic) bond motifs is 6. The van der Waals surface area contributed by atoms with Crippen molar-refractivity contribution in [3.8, 4) is 23.8 Å². The largest absolute Gasteiger partial charge is 0.487 e. The maximum atomic E-state index is 5.90. The molecule has 0 amide bonds. The Morgan fingerprint density at radius 1 is 0.931 bits per heavy atom. The summed E-state index contributed by atoms with van der Waals surface area (Å²) in [6.45, 7) is 1.76. The van der Waals surface area contributed by atoms with Gasteiger partial charge in [-0.05, 0) is 24.3 Å². The number of amidine groups is 1. The number of anilines is 1. The van der Waals surface area contributed by atoms with Gasteiger partial charge in [0.1, 0.15) is 25.4 Å². The third-order valence-electron chi connectivity index (χ3n) is 4.52. The van der Waals surface area contributed by atoms with Crippen molar-refractivity contribution in [2.24, 2.45) is 9.98 Å². The maximum Gasteiger partial charge on any atom is 0.163 e. The molecule has 7 heteroatoms. The molecular weight excluding hydrogens is 370 g/mol. The number of rotatable bonds is 8. The zero-order valence-electron chi connectivity index (χ0n) is 16.3. The molecule has 0 fully saturated rings. The molecule has 29 heavy (non-hydrogen) atoms. The van der Waals surface area contributed by atoms with Crippen LogP contribution in [0.1, 0.15) is 11.1 Å². The predicted molar refractivity (Wildman–Crippen MR) is 112 cm³/mol. The highest BCUT2D eigenvalue weighted by atomic mass is 16.5. The fourth-order valence-electron chi connectivity index (χ4n) is 3.14. The number of hydrogen-bond acceptors (Lipinski definition) is 7. The summed E-state index contributed by atoms with van der Waals surface area (Å²) in [7, 11) is 3.26. The van der Waals surface area contributed by atoms with Gasteiger partial charge in [-0.3, -0.25) is 4.90 Å². The second-order valence-electron chi connectivity index (χ2n) is 6.43. The minimum Gasteiger partial charge on any atom is -0.487 e. The van der Waals surface area contributed by atoms with Crippen LogP contribution >= 0.6 is 0 Å². The zero-order chi connectivity index (χ0) is 20.2. The van der Waals surface area contributed by atoms with Gasteiger partial charge in [0.15, 0.2) is 11.5 Å². The van der Waals surface area contributed by atoms with E-state index in [2.05, 4.69) is 10.9 Å². The molecule has 0 saturated heterocycles. The molecule has 2 bridgehead atoms. The van der Waals surface area contributed by atoms with E-state index in [4.69, 9.17) is 30.4 Å². The van der Waals surface area contributed by atoms with Crippen LogP contribution in [0.5, 0.6) is 11.5 Å². The van der Waals surface area contributed by atoms with Crippen LogP contribution in [0.25, 0.3) is 0 Å². The minimum absolute atomic E-state index is 0.403. The molecule has 4 rings (SSSR count). The smallest absolute Gasteiger partial charge is 0.163 e. The summed E-state index contributed by atoms with van der Waals surface area (Å²) in [5.41, 5.74) is 4.13. The van der Waals surface area contributed by atoms with Crippen molar-refractivity contribution < 1.29 is 18.9 Å². The van der Waals surface area contributed by atoms with E-state index in [-0.39, 0.29) is 0 Å². The van der Waals surface area contributed by atoms with Gasteiger partial charge < -0.3 is 18.9 Å². The molecule has 2 aliphatic heterocycles. The van der Waals surface area contributed by atoms with Crippen LogP contribution in [0.15, 0.2) is 40.3 Å². The van der Waals surface area contributed by atoms with Crippen LogP contribution in [-0.2, 0) is 9.47 Å². The average Bonchev–Trinajstić information content (AvgIpc) is 2.74. The van der Waals surface area contributed by atoms with E-state index in [1.54, 1.807) is 20.6 Å². The van der Waals surface area contributed by atoms with E-state index in [9.17, 15) is 0 Å². The molecule has 0 unspecified atom stereocenters. The van der Waals surface area contributed by atoms with Gasteiger partial charge in [-0.15, -0.1) is 6.42 Å². The summed E-state index contributed by atoms with van der Waals surface area (Å²) in [6, 6.07) is 9.56. The Hall–Kier alpha value is -3.34. The van der Waals surface area contributed by atoms with Crippen LogP contribution in [0.4, 0.5) is 17.1 Å². The predicted octanol–water partition coefficient (Wildman–Crippen LogP) is 3.29. The molecule has 0 saturated carbocycles. The van der Waals surface area contributed by atoms with E-state index in [0.29, 0.717) is 37.9 Å². The summed E-state index contributed by atoms with van der Waals surface area (Å²) in [5.74, 6) is 4.64. The number of methoxy groups -OCH3 is 2. The van der Waals surface area contributed by atoms with Gasteiger partial charge in [0.2, 0.25) is 0 Å². The Balaban J connectivity index is 1.73. The molecule has 2 heterocycles. The van der Waals surface area contributed by atoms with Gasteiger partial charge in [-0.1, -0.05) is 5.92 Å². The highest BCUT2D eigenvalue weighted by molar-refractivity contribution is 6.25. The monoisotopic (exact) mass is 391 g/mol. The number of benzene rings is 2. The lowest BCUT2D eigenvalue weighted by molar-refractivity contribution is 0.132. The van der Waals surface area contributed by atoms with Crippen molar-refractivity contribution in [3.63, 3.8) is 0 Å². The lowest BCUT2D eigenvalue weighted by Gasteiger charge is -2.30. The van der Waals surface area contributed by atoms with Crippen LogP contribution in [0, 0.1) is 12.3 Å². The highest BCUT2D eigenvalue weighted by Crippen LogP contribution is 2.40. The standard InChI is InChI=1S/C22H21N3O4/c1-4-15-9-16-11-17(10-15)25-14-23-19-13-21(29-8-6-27-3)20(28-7-5-26-2)12-18(19)22(25)24-16/h1,9-14H,5-8H2,2-3H3. The summed E-state index contributed by atoms with van der Waals surface area (Å²) in [5, 5.41) is 0. The highest BCUT2D eigenvalue weighted by Gasteiger charge is 2.27. The average molecular weight is 391 g/mol. The molecule has 2 aromatic rings. The molecule has 0 radical (unpaired) electrons. The normalized spacial score (nSPS) is 13.3. The fourth-order valence-corrected chi connectivity index (χ4v) is 3.14. The van der Waals surface area contributed by atoms with Crippen molar-refractivity contribution in [2.45, 2.75) is 0 Å². The topological polar surface area (TPSA) is 64.9 Å². The van der Waals surface area contributed by atoms with Gasteiger partial charge >= 0.3 is 0 Å². The number of nitrogens with zero attached hydrogens (tertiary/aromatic N) is 3. The van der Waals surface area contributed by atoms with Crippen LogP contribution < -0.4 is 14.4 Å². The molecule has 2 aliphatic rings. The van der Waals surface area contributed by atoms with Gasteiger partial charge in [0, 0.05) is 31.4 Å². The fraction of sp³-hybridized carbons (Fsp3) is 0.273. The summed E-state index contributed by atoms with van der Waals surface area (Å²) < 4.78 is 21.9. The Morgan fingerprint density at radius 3 is 2.34 bits per heavy atom. The van der Waals surface area contributed by atoms with Crippen molar-refractivity contribution in [1.29, 1.82) is 0 Å². The summed E-state index contributed by atoms with van der Waals surface area (Å²) in [4.78, 5) is 11.3. The molecule has 0 spiro atoms. The van der Waals surface area contributed by atoms with Crippen molar-refractivity contribution >= 4 is 29.2 Å². The van der Waals surface area contributed by atoms with Gasteiger partial charge in [0.05, 0.1) is 30.3 Å². The van der Waals surface area contributed by atoms with E-state index in [0.717, 1.165) is 34.0 Å². The molecule has 0 aliphatic carbocycles. The van der Waals surface area contributed by atoms with E-state index >= 15 is 0 Å². The van der Waals surface area contributed by atoms with E-state index in [1.807, 2.05) is 35.2 Å². The third kappa shape index (κ3) is 3.81. The SMILES string of the molecule is C#Cc1cc2cc(c1)N1C=Nc3cc(OCCOC)c(OCCOC)cc3C1=N2. The summed E-state index contributed by atoms with van der Waals surface area (Å²) >= 11 is 0. The second-order valence-corrected chi connectivity index (χ2v) is 6.43. The lowest BCUT2D eigenvalue weighted by atomic mass is 10.0. The van der Waals surface area contributed by atoms with Crippen molar-refractivity contribution in [1.82, 2.24) is 0 Å². The third-order valence-corrected chi connectivity index (χ3v) is 4.52. The molecule has 0 N–H and O–H groups in total. The van der Waals surface area contributed by atoms with Crippen LogP contribution in [-0.4, -0.2) is 52.8 Å². The van der Waals surface area contributed by atoms with Crippen molar-refractivity contribution in [3.05, 3.63) is 41.5 Å². The Kier molecular flexibility index (Phi) is 5.47. The molecule has 2 aromatic carbocycles. The first-order valence-corrected chi connectivity index (χ1v) is 9.19. The number of ether oxygens (including phenoxy) is 4. The van der Waals surface area contributed by atoms with Gasteiger partial charge in [0.25, 0.3) is 0 Å². The first kappa shape index (κ1) is 19.0. The Labute approximate surface area is 169 Å². The van der Waals surface area contributed by atoms with Crippen LogP contribution in [0.3, 0.4) is 0 Å². The zero-order valence-corrected chi connectivity index (χ0v) is 16.3. The number of aliphatic imine (C=N–C) groups is 2. The van der Waals surface area contributed by atoms with Gasteiger partial charge in [-0.2, -0.15) is 0 Å². The number of hydrogen-bond donors (Lipinski definition) is 0. The number of terminal acetylenes is 1. The second kappa shape index (κ2) is 8.35. The van der Waals surface area contributed by atoms with Crippen LogP contribution in [0.2, 0.25) is 0 Å². The molecular formula is C22H21N3O4. The minimum atomic E-state index is 0.403. The maximum absolute atomic E-state index is 5.90. The summed E-state index contributed by atoms with van der Waals surface area (Å²) in [6.07, 6.45) is 7.30. The Morgan fingerprint density at radius 2 is 1.66 bits per heavy atom. The first-order valence-electron chi connectivity index (χ1n) is 9.19. The lowest BCUT2D eigenvalue weighted by Crippen LogP contribution is -2.34. The molecule has 148 valence electrons. The quantitative estimate of drug-likeness (QED) is 0.510.